The third-order valence-corrected chi connectivity index (χ3v) is 5.52. The molecule has 0 aliphatic carbocycles. The van der Waals surface area contributed by atoms with E-state index in [1.54, 1.807) is 0 Å². The fourth-order valence-electron chi connectivity index (χ4n) is 4.29. The van der Waals surface area contributed by atoms with E-state index in [1.165, 1.54) is 6.42 Å². The van der Waals surface area contributed by atoms with Crippen LogP contribution < -0.4 is 0 Å². The number of aliphatic hydroxyl groups excluding tert-OH is 1. The van der Waals surface area contributed by atoms with Crippen LogP contribution in [0.15, 0.2) is 49.2 Å². The number of para-hydroxylation sites is 1. The van der Waals surface area contributed by atoms with Crippen LogP contribution in [0.3, 0.4) is 0 Å². The van der Waals surface area contributed by atoms with E-state index in [1.807, 2.05) is 30.5 Å². The normalized spacial score (nSPS) is 32.0. The van der Waals surface area contributed by atoms with Crippen LogP contribution in [0.4, 0.5) is 0 Å². The Morgan fingerprint density at radius 3 is 2.95 bits per heavy atom. The minimum atomic E-state index is -0.443. The summed E-state index contributed by atoms with van der Waals surface area (Å²) in [5.74, 6) is 1.27. The van der Waals surface area contributed by atoms with Crippen LogP contribution in [0.25, 0.3) is 10.9 Å². The Labute approximate surface area is 131 Å². The van der Waals surface area contributed by atoms with Crippen LogP contribution in [0.5, 0.6) is 0 Å². The first-order valence-corrected chi connectivity index (χ1v) is 8.16. The first kappa shape index (κ1) is 13.9. The van der Waals surface area contributed by atoms with Gasteiger partial charge in [-0.1, -0.05) is 24.3 Å². The molecule has 0 amide bonds. The van der Waals surface area contributed by atoms with Crippen molar-refractivity contribution >= 4 is 10.9 Å². The highest BCUT2D eigenvalue weighted by Crippen LogP contribution is 2.41. The van der Waals surface area contributed by atoms with Crippen LogP contribution in [0.2, 0.25) is 0 Å². The third kappa shape index (κ3) is 2.16. The lowest BCUT2D eigenvalue weighted by molar-refractivity contribution is -0.0444. The van der Waals surface area contributed by atoms with Crippen molar-refractivity contribution in [3.05, 3.63) is 54.7 Å². The van der Waals surface area contributed by atoms with Crippen LogP contribution in [-0.4, -0.2) is 34.1 Å². The highest BCUT2D eigenvalue weighted by molar-refractivity contribution is 5.82. The van der Waals surface area contributed by atoms with Gasteiger partial charge in [0.25, 0.3) is 0 Å². The lowest BCUT2D eigenvalue weighted by atomic mass is 9.73. The number of fused-ring (bicyclic) bond motifs is 4. The highest BCUT2D eigenvalue weighted by atomic mass is 16.3. The summed E-state index contributed by atoms with van der Waals surface area (Å²) in [5, 5.41) is 12.1. The summed E-state index contributed by atoms with van der Waals surface area (Å²) < 4.78 is 0. The molecule has 3 saturated heterocycles. The molecule has 0 saturated carbocycles. The summed E-state index contributed by atoms with van der Waals surface area (Å²) in [4.78, 5) is 6.86. The van der Waals surface area contributed by atoms with Gasteiger partial charge in [-0.2, -0.15) is 0 Å². The molecule has 114 valence electrons. The maximum Gasteiger partial charge on any atom is 0.0952 e. The number of hydrogen-bond acceptors (Lipinski definition) is 3. The van der Waals surface area contributed by atoms with E-state index < -0.39 is 6.10 Å². The summed E-state index contributed by atoms with van der Waals surface area (Å²) in [5.41, 5.74) is 1.97. The molecule has 2 bridgehead atoms. The molecule has 3 heteroatoms. The largest absolute Gasteiger partial charge is 0.387 e. The number of rotatable bonds is 3. The molecule has 0 radical (unpaired) electrons. The van der Waals surface area contributed by atoms with Crippen LogP contribution in [-0.2, 0) is 0 Å². The van der Waals surface area contributed by atoms with Gasteiger partial charge in [-0.15, -0.1) is 6.58 Å². The Balaban J connectivity index is 1.67. The lowest BCUT2D eigenvalue weighted by Gasteiger charge is -2.50. The summed E-state index contributed by atoms with van der Waals surface area (Å²) in [6.07, 6.45) is 5.76. The Bertz CT molecular complexity index is 693. The highest BCUT2D eigenvalue weighted by Gasteiger charge is 2.42. The molecule has 2 unspecified atom stereocenters. The van der Waals surface area contributed by atoms with Gasteiger partial charge in [0.2, 0.25) is 0 Å². The van der Waals surface area contributed by atoms with Crippen molar-refractivity contribution in [3.63, 3.8) is 0 Å². The van der Waals surface area contributed by atoms with Crippen LogP contribution >= 0.6 is 0 Å². The zero-order chi connectivity index (χ0) is 15.1. The van der Waals surface area contributed by atoms with Gasteiger partial charge in [-0.3, -0.25) is 9.88 Å². The van der Waals surface area contributed by atoms with Crippen molar-refractivity contribution in [2.45, 2.75) is 25.0 Å². The molecule has 1 aromatic heterocycles. The number of benzene rings is 1. The first-order valence-electron chi connectivity index (χ1n) is 8.16. The second kappa shape index (κ2) is 5.49. The van der Waals surface area contributed by atoms with Gasteiger partial charge in [0.05, 0.1) is 11.6 Å². The smallest absolute Gasteiger partial charge is 0.0952 e. The standard InChI is InChI=1S/C19H22N2O/c1-2-13-12-21-10-8-14(13)11-18(21)19(22)16-7-9-20-17-6-4-3-5-15(16)17/h2-7,9,13-14,18-19,22H,1,8,10-12H2/t13-,14-,18?,19-/m1/s1. The van der Waals surface area contributed by atoms with Gasteiger partial charge >= 0.3 is 0 Å². The van der Waals surface area contributed by atoms with Gasteiger partial charge < -0.3 is 5.11 Å². The van der Waals surface area contributed by atoms with Gasteiger partial charge in [0.1, 0.15) is 0 Å². The van der Waals surface area contributed by atoms with E-state index in [4.69, 9.17) is 0 Å². The molecule has 3 nitrogen and oxygen atoms in total. The predicted octanol–water partition coefficient (Wildman–Crippen LogP) is 3.16. The van der Waals surface area contributed by atoms with Crippen LogP contribution in [0.1, 0.15) is 24.5 Å². The predicted molar refractivity (Wildman–Crippen MR) is 88.5 cm³/mol. The molecule has 5 atom stereocenters. The van der Waals surface area contributed by atoms with E-state index in [9.17, 15) is 5.11 Å². The lowest BCUT2D eigenvalue weighted by Crippen LogP contribution is -2.54. The first-order chi connectivity index (χ1) is 10.8. The Morgan fingerprint density at radius 1 is 1.32 bits per heavy atom. The molecular weight excluding hydrogens is 272 g/mol. The molecule has 5 rings (SSSR count). The fourth-order valence-corrected chi connectivity index (χ4v) is 4.29. The summed E-state index contributed by atoms with van der Waals surface area (Å²) >= 11 is 0. The Kier molecular flexibility index (Phi) is 3.47. The summed E-state index contributed by atoms with van der Waals surface area (Å²) in [7, 11) is 0. The van der Waals surface area contributed by atoms with Gasteiger partial charge in [-0.05, 0) is 48.9 Å². The quantitative estimate of drug-likeness (QED) is 0.883. The minimum Gasteiger partial charge on any atom is -0.387 e. The number of aliphatic hydroxyl groups is 1. The Morgan fingerprint density at radius 2 is 2.18 bits per heavy atom. The van der Waals surface area contributed by atoms with Crippen molar-refractivity contribution in [2.24, 2.45) is 11.8 Å². The van der Waals surface area contributed by atoms with Crippen molar-refractivity contribution in [1.82, 2.24) is 9.88 Å². The van der Waals surface area contributed by atoms with Crippen molar-refractivity contribution in [3.8, 4) is 0 Å². The topological polar surface area (TPSA) is 36.4 Å². The molecule has 22 heavy (non-hydrogen) atoms. The molecule has 1 aromatic carbocycles. The average Bonchev–Trinajstić information content (AvgIpc) is 2.60. The number of pyridine rings is 1. The van der Waals surface area contributed by atoms with Gasteiger partial charge in [0, 0.05) is 24.2 Å². The maximum absolute atomic E-state index is 11.0. The maximum atomic E-state index is 11.0. The molecule has 0 spiro atoms. The second-order valence-corrected chi connectivity index (χ2v) is 6.61. The average molecular weight is 294 g/mol. The zero-order valence-corrected chi connectivity index (χ0v) is 12.7. The van der Waals surface area contributed by atoms with E-state index >= 15 is 0 Å². The summed E-state index contributed by atoms with van der Waals surface area (Å²) in [6.45, 7) is 6.11. The monoisotopic (exact) mass is 294 g/mol. The van der Waals surface area contributed by atoms with Crippen molar-refractivity contribution in [2.75, 3.05) is 13.1 Å². The number of nitrogens with zero attached hydrogens (tertiary/aromatic N) is 2. The second-order valence-electron chi connectivity index (χ2n) is 6.61. The zero-order valence-electron chi connectivity index (χ0n) is 12.7. The third-order valence-electron chi connectivity index (χ3n) is 5.52. The fraction of sp³-hybridized carbons (Fsp3) is 0.421. The number of piperidine rings is 3. The molecule has 3 aliphatic rings. The minimum absolute atomic E-state index is 0.223. The van der Waals surface area contributed by atoms with E-state index in [0.29, 0.717) is 11.8 Å². The van der Waals surface area contributed by atoms with Gasteiger partial charge in [0.15, 0.2) is 0 Å². The summed E-state index contributed by atoms with van der Waals surface area (Å²) in [6, 6.07) is 10.3. The molecule has 1 N–H and O–H groups in total. The van der Waals surface area contributed by atoms with E-state index in [0.717, 1.165) is 36.0 Å². The van der Waals surface area contributed by atoms with Crippen molar-refractivity contribution in [1.29, 1.82) is 0 Å². The molecular formula is C19H22N2O. The van der Waals surface area contributed by atoms with Crippen molar-refractivity contribution < 1.29 is 5.11 Å². The molecule has 3 aliphatic heterocycles. The van der Waals surface area contributed by atoms with Gasteiger partial charge in [-0.25, -0.2) is 0 Å². The molecule has 3 fully saturated rings. The van der Waals surface area contributed by atoms with E-state index in [-0.39, 0.29) is 6.04 Å². The Hall–Kier alpha value is -1.71. The van der Waals surface area contributed by atoms with E-state index in [2.05, 4.69) is 28.6 Å². The SMILES string of the molecule is C=C[C@@H]1CN2CC[C@@H]1CC2[C@H](O)c1ccnc2ccccc12. The number of aromatic nitrogens is 1. The number of hydrogen-bond donors (Lipinski definition) is 1. The molecule has 2 aromatic rings. The molecule has 4 heterocycles. The van der Waals surface area contributed by atoms with Crippen LogP contribution in [0, 0.1) is 11.8 Å².